The zero-order chi connectivity index (χ0) is 48.6. The van der Waals surface area contributed by atoms with Gasteiger partial charge in [0, 0.05) is 34.5 Å². The number of hydrogen-bond acceptors (Lipinski definition) is 3. The fraction of sp³-hybridized carbons (Fsp3) is 0.281. The molecule has 6 heteroatoms. The van der Waals surface area contributed by atoms with E-state index < -0.39 is 0 Å². The second-order valence-corrected chi connectivity index (χ2v) is 23.5. The van der Waals surface area contributed by atoms with Crippen molar-refractivity contribution in [2.45, 2.75) is 117 Å². The van der Waals surface area contributed by atoms with Gasteiger partial charge in [0.1, 0.15) is 5.82 Å². The number of hydrogen-bond donors (Lipinski definition) is 0. The summed E-state index contributed by atoms with van der Waals surface area (Å²) in [6.45, 7) is 29.9. The predicted octanol–water partition coefficient (Wildman–Crippen LogP) is 16.9. The van der Waals surface area contributed by atoms with E-state index >= 15 is 0 Å². The van der Waals surface area contributed by atoms with Gasteiger partial charge in [-0.05, 0) is 114 Å². The van der Waals surface area contributed by atoms with Gasteiger partial charge < -0.3 is 13.9 Å². The molecule has 0 saturated heterocycles. The maximum atomic E-state index is 7.04. The average Bonchev–Trinajstić information content (AvgIpc) is 3.90. The molecule has 354 valence electrons. The topological polar surface area (TPSA) is 44.9 Å². The van der Waals surface area contributed by atoms with Crippen molar-refractivity contribution in [3.8, 4) is 45.5 Å². The van der Waals surface area contributed by atoms with Gasteiger partial charge in [-0.1, -0.05) is 174 Å². The Morgan fingerprint density at radius 2 is 1.21 bits per heavy atom. The molecule has 3 heterocycles. The molecule has 0 N–H and O–H groups in total. The van der Waals surface area contributed by atoms with Gasteiger partial charge in [0.05, 0.1) is 16.9 Å². The first kappa shape index (κ1) is 47.4. The minimum absolute atomic E-state index is 0. The standard InChI is InChI=1S/C64H62N4O.Pt/c1-60(2,3)41-26-29-52(48(35-41)39-20-15-14-16-21-39)68-53-25-18-17-24-51(53)66-59(68)40-32-43(62(7,8)9)34-45(33-40)69-44-27-28-46-54(37-44)67(56-36-42(30-31-65-56)61(4,5)6)55-38-50-58-47(57(46)55)22-19-23-49(58)63(10,11)64(50,12)13;/h14-32,34-36,38H,1-13H3;/q-2;+2. The first-order chi connectivity index (χ1) is 32.6. The number of para-hydroxylation sites is 2. The number of benzene rings is 7. The molecular weight excluding hydrogens is 1040 g/mol. The van der Waals surface area contributed by atoms with Gasteiger partial charge in [-0.3, -0.25) is 4.98 Å². The second kappa shape index (κ2) is 16.4. The minimum Gasteiger partial charge on any atom is -0.503 e. The molecular formula is C64H62N4OPt. The van der Waals surface area contributed by atoms with E-state index in [1.165, 1.54) is 38.4 Å². The molecule has 0 spiro atoms. The molecule has 5 nitrogen and oxygen atoms in total. The summed E-state index contributed by atoms with van der Waals surface area (Å²) in [7, 11) is 0. The molecule has 0 amide bonds. The number of nitrogens with zero attached hydrogens (tertiary/aromatic N) is 4. The van der Waals surface area contributed by atoms with Gasteiger partial charge in [-0.15, -0.1) is 34.7 Å². The second-order valence-electron chi connectivity index (χ2n) is 23.5. The van der Waals surface area contributed by atoms with Gasteiger partial charge >= 0.3 is 21.1 Å². The Balaban J connectivity index is 0.00000567. The Labute approximate surface area is 428 Å². The van der Waals surface area contributed by atoms with Crippen LogP contribution in [0.15, 0.2) is 140 Å². The molecule has 0 aliphatic heterocycles. The number of ether oxygens (including phenoxy) is 1. The predicted molar refractivity (Wildman–Crippen MR) is 288 cm³/mol. The maximum Gasteiger partial charge on any atom is 2.00 e. The molecule has 10 aromatic rings. The fourth-order valence-electron chi connectivity index (χ4n) is 10.7. The van der Waals surface area contributed by atoms with Crippen LogP contribution in [-0.4, -0.2) is 19.1 Å². The van der Waals surface area contributed by atoms with Gasteiger partial charge in [0.15, 0.2) is 0 Å². The molecule has 70 heavy (non-hydrogen) atoms. The number of imidazole rings is 1. The molecule has 0 fully saturated rings. The van der Waals surface area contributed by atoms with Crippen molar-refractivity contribution in [1.29, 1.82) is 0 Å². The summed E-state index contributed by atoms with van der Waals surface area (Å²) in [6.07, 6.45) is 1.95. The van der Waals surface area contributed by atoms with E-state index in [0.29, 0.717) is 11.5 Å². The molecule has 7 aromatic carbocycles. The van der Waals surface area contributed by atoms with E-state index in [2.05, 4.69) is 245 Å². The fourth-order valence-corrected chi connectivity index (χ4v) is 10.7. The maximum absolute atomic E-state index is 7.04. The van der Waals surface area contributed by atoms with Crippen LogP contribution in [0, 0.1) is 12.1 Å². The third-order valence-corrected chi connectivity index (χ3v) is 15.4. The molecule has 0 saturated carbocycles. The van der Waals surface area contributed by atoms with E-state index in [0.717, 1.165) is 67.0 Å². The molecule has 3 aromatic heterocycles. The summed E-state index contributed by atoms with van der Waals surface area (Å²) in [5, 5.41) is 4.94. The first-order valence-electron chi connectivity index (χ1n) is 24.5. The van der Waals surface area contributed by atoms with Crippen LogP contribution in [0.2, 0.25) is 0 Å². The molecule has 1 aliphatic carbocycles. The SMILES string of the molecule is CC(C)(C)c1cc(Oc2[c-]c3c(cc2)c2c4cccc5c4c(cc2n3-c2cc(C(C)(C)C)ccn2)C(C)(C)C5(C)C)[c-]c(-c2nc3ccccc3n2-c2ccc(C(C)(C)C)cc2-c2ccccc2)c1.[Pt+2]. The summed E-state index contributed by atoms with van der Waals surface area (Å²) in [6, 6.07) is 55.9. The van der Waals surface area contributed by atoms with Crippen LogP contribution < -0.4 is 4.74 Å². The third-order valence-electron chi connectivity index (χ3n) is 15.4. The normalized spacial score (nSPS) is 14.5. The van der Waals surface area contributed by atoms with Gasteiger partial charge in [-0.2, -0.15) is 6.07 Å². The van der Waals surface area contributed by atoms with Crippen LogP contribution in [0.4, 0.5) is 0 Å². The number of aromatic nitrogens is 4. The van der Waals surface area contributed by atoms with Crippen molar-refractivity contribution >= 4 is 43.6 Å². The monoisotopic (exact) mass is 1100 g/mol. The van der Waals surface area contributed by atoms with E-state index in [-0.39, 0.29) is 48.1 Å². The molecule has 0 radical (unpaired) electrons. The zero-order valence-corrected chi connectivity index (χ0v) is 45.1. The van der Waals surface area contributed by atoms with Crippen molar-refractivity contribution < 1.29 is 25.8 Å². The van der Waals surface area contributed by atoms with Crippen molar-refractivity contribution in [3.05, 3.63) is 180 Å². The van der Waals surface area contributed by atoms with Gasteiger partial charge in [0.25, 0.3) is 0 Å². The minimum atomic E-state index is -0.211. The van der Waals surface area contributed by atoms with E-state index in [4.69, 9.17) is 14.7 Å². The number of fused-ring (bicyclic) bond motifs is 5. The number of pyridine rings is 1. The Kier molecular flexibility index (Phi) is 11.1. The molecule has 0 bridgehead atoms. The summed E-state index contributed by atoms with van der Waals surface area (Å²) < 4.78 is 11.7. The Morgan fingerprint density at radius 3 is 1.94 bits per heavy atom. The van der Waals surface area contributed by atoms with Crippen LogP contribution in [-0.2, 0) is 48.1 Å². The van der Waals surface area contributed by atoms with Crippen LogP contribution in [0.5, 0.6) is 11.5 Å². The average molecular weight is 1100 g/mol. The Hall–Kier alpha value is -6.29. The Morgan fingerprint density at radius 1 is 0.529 bits per heavy atom. The van der Waals surface area contributed by atoms with Crippen molar-refractivity contribution in [3.63, 3.8) is 0 Å². The number of rotatable bonds is 6. The summed E-state index contributed by atoms with van der Waals surface area (Å²) >= 11 is 0. The van der Waals surface area contributed by atoms with Crippen LogP contribution in [0.25, 0.3) is 77.6 Å². The van der Waals surface area contributed by atoms with Crippen LogP contribution in [0.1, 0.15) is 118 Å². The van der Waals surface area contributed by atoms with E-state index in [1.807, 2.05) is 6.20 Å². The van der Waals surface area contributed by atoms with Crippen molar-refractivity contribution in [1.82, 2.24) is 19.1 Å². The van der Waals surface area contributed by atoms with Gasteiger partial charge in [-0.25, -0.2) is 4.98 Å². The molecule has 0 unspecified atom stereocenters. The van der Waals surface area contributed by atoms with Crippen molar-refractivity contribution in [2.75, 3.05) is 0 Å². The molecule has 1 aliphatic rings. The van der Waals surface area contributed by atoms with Crippen LogP contribution in [0.3, 0.4) is 0 Å². The largest absolute Gasteiger partial charge is 2.00 e. The first-order valence-corrected chi connectivity index (χ1v) is 24.5. The Bertz CT molecular complexity index is 3700. The molecule has 0 atom stereocenters. The summed E-state index contributed by atoms with van der Waals surface area (Å²) in [5.41, 5.74) is 14.1. The zero-order valence-electron chi connectivity index (χ0n) is 42.8. The summed E-state index contributed by atoms with van der Waals surface area (Å²) in [4.78, 5) is 10.5. The molecule has 11 rings (SSSR count). The quantitative estimate of drug-likeness (QED) is 0.156. The van der Waals surface area contributed by atoms with E-state index in [1.54, 1.807) is 0 Å². The van der Waals surface area contributed by atoms with Crippen LogP contribution >= 0.6 is 0 Å². The third kappa shape index (κ3) is 7.54. The smallest absolute Gasteiger partial charge is 0.503 e. The van der Waals surface area contributed by atoms with Gasteiger partial charge in [0.2, 0.25) is 0 Å². The van der Waals surface area contributed by atoms with E-state index in [9.17, 15) is 0 Å². The van der Waals surface area contributed by atoms with Crippen molar-refractivity contribution in [2.24, 2.45) is 0 Å². The summed E-state index contributed by atoms with van der Waals surface area (Å²) in [5.74, 6) is 2.86.